The van der Waals surface area contributed by atoms with Gasteiger partial charge in [-0.2, -0.15) is 0 Å². The summed E-state index contributed by atoms with van der Waals surface area (Å²) >= 11 is 3.18. The minimum atomic E-state index is 0.690. The molecule has 150 valence electrons. The van der Waals surface area contributed by atoms with Crippen LogP contribution in [0.4, 0.5) is 0 Å². The van der Waals surface area contributed by atoms with Crippen LogP contribution in [-0.2, 0) is 0 Å². The van der Waals surface area contributed by atoms with Gasteiger partial charge in [-0.15, -0.1) is 0 Å². The van der Waals surface area contributed by atoms with E-state index in [4.69, 9.17) is 4.42 Å². The zero-order chi connectivity index (χ0) is 20.8. The highest BCUT2D eigenvalue weighted by atomic mass is 32.2. The largest absolute Gasteiger partial charge is 0.431 e. The molecule has 5 rings (SSSR count). The first-order chi connectivity index (χ1) is 14.7. The van der Waals surface area contributed by atoms with Crippen LogP contribution in [0.1, 0.15) is 11.1 Å². The van der Waals surface area contributed by atoms with Crippen molar-refractivity contribution in [3.63, 3.8) is 0 Å². The SMILES string of the molecule is Cc1ccc(Sc2nc3ccccc3o2)cc1.Cc1ccc(Sc2ncc[nH]2)cc1. The van der Waals surface area contributed by atoms with Gasteiger partial charge >= 0.3 is 0 Å². The van der Waals surface area contributed by atoms with Crippen molar-refractivity contribution in [3.8, 4) is 0 Å². The van der Waals surface area contributed by atoms with Crippen molar-refractivity contribution in [2.24, 2.45) is 0 Å². The lowest BCUT2D eigenvalue weighted by atomic mass is 10.2. The van der Waals surface area contributed by atoms with Crippen LogP contribution in [0.5, 0.6) is 0 Å². The molecule has 0 amide bonds. The third-order valence-electron chi connectivity index (χ3n) is 4.21. The number of aromatic nitrogens is 3. The third-order valence-corrected chi connectivity index (χ3v) is 5.99. The predicted molar refractivity (Wildman–Crippen MR) is 123 cm³/mol. The van der Waals surface area contributed by atoms with Crippen LogP contribution in [-0.4, -0.2) is 15.0 Å². The molecule has 0 spiro atoms. The Morgan fingerprint density at radius 1 is 0.767 bits per heavy atom. The first kappa shape index (κ1) is 20.3. The molecule has 6 heteroatoms. The summed E-state index contributed by atoms with van der Waals surface area (Å²) in [5, 5.41) is 1.62. The highest BCUT2D eigenvalue weighted by Gasteiger charge is 2.06. The summed E-state index contributed by atoms with van der Waals surface area (Å²) in [6, 6.07) is 24.5. The van der Waals surface area contributed by atoms with Gasteiger partial charge in [-0.05, 0) is 62.0 Å². The maximum atomic E-state index is 5.65. The third kappa shape index (κ3) is 5.55. The van der Waals surface area contributed by atoms with Gasteiger partial charge in [-0.3, -0.25) is 0 Å². The van der Waals surface area contributed by atoms with Crippen LogP contribution >= 0.6 is 23.5 Å². The molecule has 1 N–H and O–H groups in total. The van der Waals surface area contributed by atoms with Gasteiger partial charge in [0, 0.05) is 22.2 Å². The first-order valence-electron chi connectivity index (χ1n) is 9.50. The molecular weight excluding hydrogens is 410 g/mol. The fourth-order valence-corrected chi connectivity index (χ4v) is 4.11. The number of hydrogen-bond donors (Lipinski definition) is 1. The van der Waals surface area contributed by atoms with E-state index in [1.165, 1.54) is 16.0 Å². The molecule has 0 saturated carbocycles. The van der Waals surface area contributed by atoms with Crippen molar-refractivity contribution in [1.29, 1.82) is 0 Å². The van der Waals surface area contributed by atoms with Crippen molar-refractivity contribution in [2.75, 3.05) is 0 Å². The van der Waals surface area contributed by atoms with E-state index in [9.17, 15) is 0 Å². The quantitative estimate of drug-likeness (QED) is 0.327. The van der Waals surface area contributed by atoms with E-state index >= 15 is 0 Å². The number of benzene rings is 3. The highest BCUT2D eigenvalue weighted by Crippen LogP contribution is 2.29. The van der Waals surface area contributed by atoms with Crippen molar-refractivity contribution < 1.29 is 4.42 Å². The van der Waals surface area contributed by atoms with E-state index in [0.29, 0.717) is 5.22 Å². The summed E-state index contributed by atoms with van der Waals surface area (Å²) < 4.78 is 5.65. The Labute approximate surface area is 184 Å². The van der Waals surface area contributed by atoms with Gasteiger partial charge < -0.3 is 9.40 Å². The molecule has 0 aliphatic carbocycles. The Hall–Kier alpha value is -2.96. The molecule has 30 heavy (non-hydrogen) atoms. The minimum absolute atomic E-state index is 0.690. The number of nitrogens with zero attached hydrogens (tertiary/aromatic N) is 2. The molecule has 5 aromatic rings. The van der Waals surface area contributed by atoms with E-state index in [0.717, 1.165) is 21.2 Å². The number of H-pyrrole nitrogens is 1. The second-order valence-corrected chi connectivity index (χ2v) is 8.76. The Morgan fingerprint density at radius 2 is 1.40 bits per heavy atom. The molecule has 0 aliphatic heterocycles. The first-order valence-corrected chi connectivity index (χ1v) is 11.1. The number of nitrogens with one attached hydrogen (secondary N) is 1. The minimum Gasteiger partial charge on any atom is -0.431 e. The number of hydrogen-bond acceptors (Lipinski definition) is 5. The molecule has 0 aliphatic rings. The summed E-state index contributed by atoms with van der Waals surface area (Å²) in [5.74, 6) is 0. The second-order valence-electron chi connectivity index (χ2n) is 6.67. The summed E-state index contributed by atoms with van der Waals surface area (Å²) in [7, 11) is 0. The number of fused-ring (bicyclic) bond motifs is 1. The van der Waals surface area contributed by atoms with Crippen LogP contribution in [0.2, 0.25) is 0 Å². The van der Waals surface area contributed by atoms with Crippen LogP contribution in [0.25, 0.3) is 11.1 Å². The van der Waals surface area contributed by atoms with Crippen molar-refractivity contribution >= 4 is 34.6 Å². The second kappa shape index (κ2) is 9.69. The van der Waals surface area contributed by atoms with E-state index in [-0.39, 0.29) is 0 Å². The van der Waals surface area contributed by atoms with Gasteiger partial charge in [-0.1, -0.05) is 59.3 Å². The van der Waals surface area contributed by atoms with E-state index in [1.807, 2.05) is 30.5 Å². The maximum Gasteiger partial charge on any atom is 0.261 e. The summed E-state index contributed by atoms with van der Waals surface area (Å²) in [4.78, 5) is 14.0. The topological polar surface area (TPSA) is 54.7 Å². The molecule has 0 saturated heterocycles. The average Bonchev–Trinajstić information content (AvgIpc) is 3.41. The molecule has 2 aromatic heterocycles. The summed E-state index contributed by atoms with van der Waals surface area (Å²) in [5.41, 5.74) is 4.28. The smallest absolute Gasteiger partial charge is 0.261 e. The molecular formula is C24H21N3OS2. The van der Waals surface area contributed by atoms with E-state index in [2.05, 4.69) is 77.3 Å². The van der Waals surface area contributed by atoms with Crippen molar-refractivity contribution in [2.45, 2.75) is 34.0 Å². The van der Waals surface area contributed by atoms with Gasteiger partial charge in [0.15, 0.2) is 10.7 Å². The average molecular weight is 432 g/mol. The lowest BCUT2D eigenvalue weighted by molar-refractivity contribution is 0.489. The van der Waals surface area contributed by atoms with Crippen molar-refractivity contribution in [1.82, 2.24) is 15.0 Å². The van der Waals surface area contributed by atoms with Crippen LogP contribution in [0, 0.1) is 13.8 Å². The van der Waals surface area contributed by atoms with Gasteiger partial charge in [0.25, 0.3) is 5.22 Å². The number of oxazole rings is 1. The fraction of sp³-hybridized carbons (Fsp3) is 0.0833. The van der Waals surface area contributed by atoms with E-state index < -0.39 is 0 Å². The standard InChI is InChI=1S/C14H11NOS.C10H10N2S/c1-10-6-8-11(9-7-10)17-14-15-12-4-2-3-5-13(12)16-14;1-8-2-4-9(5-3-8)13-10-11-6-7-12-10/h2-9H,1H3;2-7H,1H3,(H,11,12). The van der Waals surface area contributed by atoms with E-state index in [1.54, 1.807) is 29.7 Å². The molecule has 0 atom stereocenters. The zero-order valence-corrected chi connectivity index (χ0v) is 18.3. The molecule has 0 radical (unpaired) electrons. The maximum absolute atomic E-state index is 5.65. The number of imidazole rings is 1. The summed E-state index contributed by atoms with van der Waals surface area (Å²) in [6.45, 7) is 4.16. The Balaban J connectivity index is 0.000000151. The molecule has 3 aromatic carbocycles. The number of rotatable bonds is 4. The molecule has 2 heterocycles. The molecule has 0 bridgehead atoms. The number of aryl methyl sites for hydroxylation is 2. The molecule has 4 nitrogen and oxygen atoms in total. The lowest BCUT2D eigenvalue weighted by Gasteiger charge is -1.97. The van der Waals surface area contributed by atoms with Gasteiger partial charge in [0.2, 0.25) is 0 Å². The predicted octanol–water partition coefficient (Wildman–Crippen LogP) is 7.16. The molecule has 0 fully saturated rings. The van der Waals surface area contributed by atoms with Crippen LogP contribution < -0.4 is 0 Å². The van der Waals surface area contributed by atoms with Crippen LogP contribution in [0.3, 0.4) is 0 Å². The Morgan fingerprint density at radius 3 is 2.00 bits per heavy atom. The number of aromatic amines is 1. The van der Waals surface area contributed by atoms with Gasteiger partial charge in [0.05, 0.1) is 0 Å². The Bertz CT molecular complexity index is 1160. The fourth-order valence-electron chi connectivity index (χ4n) is 2.63. The Kier molecular flexibility index (Phi) is 6.57. The van der Waals surface area contributed by atoms with Crippen LogP contribution in [0.15, 0.2) is 110 Å². The van der Waals surface area contributed by atoms with Gasteiger partial charge in [0.1, 0.15) is 5.52 Å². The lowest BCUT2D eigenvalue weighted by Crippen LogP contribution is -1.76. The monoisotopic (exact) mass is 431 g/mol. The van der Waals surface area contributed by atoms with Gasteiger partial charge in [-0.25, -0.2) is 9.97 Å². The number of para-hydroxylation sites is 2. The zero-order valence-electron chi connectivity index (χ0n) is 16.7. The normalized spacial score (nSPS) is 10.6. The summed E-state index contributed by atoms with van der Waals surface area (Å²) in [6.07, 6.45) is 3.59. The van der Waals surface area contributed by atoms with Crippen molar-refractivity contribution in [3.05, 3.63) is 96.3 Å². The highest BCUT2D eigenvalue weighted by molar-refractivity contribution is 7.99. The molecule has 0 unspecified atom stereocenters.